The van der Waals surface area contributed by atoms with Gasteiger partial charge in [-0.1, -0.05) is 5.16 Å². The molecule has 1 aromatic heterocycles. The smallest absolute Gasteiger partial charge is 0.405 e. The number of pyridine rings is 1. The highest BCUT2D eigenvalue weighted by molar-refractivity contribution is 5.99. The van der Waals surface area contributed by atoms with Gasteiger partial charge in [0.15, 0.2) is 11.5 Å². The van der Waals surface area contributed by atoms with Crippen molar-refractivity contribution in [2.75, 3.05) is 18.0 Å². The molecule has 0 spiro atoms. The molecule has 0 aliphatic heterocycles. The van der Waals surface area contributed by atoms with E-state index in [4.69, 9.17) is 10.9 Å². The molecule has 0 aliphatic carbocycles. The summed E-state index contributed by atoms with van der Waals surface area (Å²) in [6.45, 7) is 0.169. The number of hydrogen-bond acceptors (Lipinski definition) is 6. The SMILES string of the molecule is CCN(CC(F)(F)F)c1ccc([N+](=O)[O-])c(/C(N)=N/O)n1. The van der Waals surface area contributed by atoms with Gasteiger partial charge in [-0.2, -0.15) is 13.2 Å². The van der Waals surface area contributed by atoms with Gasteiger partial charge in [0.2, 0.25) is 0 Å². The molecule has 0 bridgehead atoms. The number of nitrogens with two attached hydrogens (primary N) is 1. The lowest BCUT2D eigenvalue weighted by atomic mass is 10.2. The summed E-state index contributed by atoms with van der Waals surface area (Å²) in [7, 11) is 0. The molecule has 11 heteroatoms. The number of nitrogens with zero attached hydrogens (tertiary/aromatic N) is 4. The van der Waals surface area contributed by atoms with E-state index in [9.17, 15) is 23.3 Å². The van der Waals surface area contributed by atoms with Gasteiger partial charge in [0.25, 0.3) is 5.69 Å². The van der Waals surface area contributed by atoms with E-state index in [2.05, 4.69) is 10.1 Å². The first-order chi connectivity index (χ1) is 9.69. The molecular formula is C10H12F3N5O3. The highest BCUT2D eigenvalue weighted by Crippen LogP contribution is 2.24. The molecule has 0 aliphatic rings. The molecule has 1 heterocycles. The van der Waals surface area contributed by atoms with Crippen LogP contribution in [0, 0.1) is 10.1 Å². The van der Waals surface area contributed by atoms with Crippen LogP contribution in [0.5, 0.6) is 0 Å². The summed E-state index contributed by atoms with van der Waals surface area (Å²) in [6.07, 6.45) is -4.46. The van der Waals surface area contributed by atoms with Gasteiger partial charge in [-0.05, 0) is 13.0 Å². The third kappa shape index (κ3) is 4.19. The lowest BCUT2D eigenvalue weighted by molar-refractivity contribution is -0.385. The highest BCUT2D eigenvalue weighted by atomic mass is 19.4. The maximum Gasteiger partial charge on any atom is 0.405 e. The molecule has 0 atom stereocenters. The van der Waals surface area contributed by atoms with Crippen LogP contribution in [0.3, 0.4) is 0 Å². The van der Waals surface area contributed by atoms with E-state index in [1.165, 1.54) is 6.92 Å². The molecule has 0 amide bonds. The fourth-order valence-corrected chi connectivity index (χ4v) is 1.57. The molecule has 116 valence electrons. The van der Waals surface area contributed by atoms with Gasteiger partial charge >= 0.3 is 6.18 Å². The van der Waals surface area contributed by atoms with E-state index >= 15 is 0 Å². The quantitative estimate of drug-likeness (QED) is 0.279. The molecule has 1 aromatic rings. The number of anilines is 1. The zero-order valence-corrected chi connectivity index (χ0v) is 10.8. The molecule has 0 unspecified atom stereocenters. The molecule has 3 N–H and O–H groups in total. The summed E-state index contributed by atoms with van der Waals surface area (Å²) in [5.74, 6) is -0.825. The minimum absolute atomic E-state index is 0.0278. The molecule has 8 nitrogen and oxygen atoms in total. The van der Waals surface area contributed by atoms with Gasteiger partial charge in [0.05, 0.1) is 4.92 Å². The molecule has 0 saturated heterocycles. The first kappa shape index (κ1) is 16.5. The number of nitro groups is 1. The third-order valence-corrected chi connectivity index (χ3v) is 2.48. The summed E-state index contributed by atoms with van der Waals surface area (Å²) < 4.78 is 37.3. The Morgan fingerprint density at radius 1 is 1.57 bits per heavy atom. The summed E-state index contributed by atoms with van der Waals surface area (Å²) in [5.41, 5.74) is 4.19. The highest BCUT2D eigenvalue weighted by Gasteiger charge is 2.31. The standard InChI is InChI=1S/C10H12F3N5O3/c1-2-17(5-10(11,12)13)7-4-3-6(18(20)21)8(15-7)9(14)16-19/h3-4,19H,2,5H2,1H3,(H2,14,16). The molecule has 0 fully saturated rings. The van der Waals surface area contributed by atoms with Crippen molar-refractivity contribution in [3.8, 4) is 0 Å². The second kappa shape index (κ2) is 6.24. The zero-order chi connectivity index (χ0) is 16.2. The Morgan fingerprint density at radius 2 is 2.19 bits per heavy atom. The van der Waals surface area contributed by atoms with Crippen LogP contribution in [0.15, 0.2) is 17.3 Å². The normalized spacial score (nSPS) is 12.3. The van der Waals surface area contributed by atoms with Crippen molar-refractivity contribution in [3.63, 3.8) is 0 Å². The molecule has 0 aromatic carbocycles. The summed E-state index contributed by atoms with van der Waals surface area (Å²) in [5, 5.41) is 22.0. The van der Waals surface area contributed by atoms with Crippen LogP contribution in [0.4, 0.5) is 24.7 Å². The lowest BCUT2D eigenvalue weighted by Crippen LogP contribution is -2.35. The van der Waals surface area contributed by atoms with Gasteiger partial charge in [0.1, 0.15) is 12.4 Å². The van der Waals surface area contributed by atoms with Gasteiger partial charge < -0.3 is 15.8 Å². The monoisotopic (exact) mass is 307 g/mol. The van der Waals surface area contributed by atoms with Crippen LogP contribution in [0.2, 0.25) is 0 Å². The largest absolute Gasteiger partial charge is 0.409 e. The third-order valence-electron chi connectivity index (χ3n) is 2.48. The van der Waals surface area contributed by atoms with Crippen LogP contribution >= 0.6 is 0 Å². The average Bonchev–Trinajstić information content (AvgIpc) is 2.42. The summed E-state index contributed by atoms with van der Waals surface area (Å²) in [4.78, 5) is 14.5. The van der Waals surface area contributed by atoms with E-state index in [1.54, 1.807) is 0 Å². The van der Waals surface area contributed by atoms with Crippen molar-refractivity contribution in [2.45, 2.75) is 13.1 Å². The van der Waals surface area contributed by atoms with Crippen LogP contribution in [-0.2, 0) is 0 Å². The van der Waals surface area contributed by atoms with E-state index in [0.29, 0.717) is 0 Å². The number of halogens is 3. The number of hydrogen-bond donors (Lipinski definition) is 2. The van der Waals surface area contributed by atoms with Crippen LogP contribution in [-0.4, -0.2) is 40.2 Å². The maximum absolute atomic E-state index is 12.4. The van der Waals surface area contributed by atoms with E-state index in [0.717, 1.165) is 17.0 Å². The minimum atomic E-state index is -4.46. The lowest BCUT2D eigenvalue weighted by Gasteiger charge is -2.23. The number of rotatable bonds is 5. The Morgan fingerprint density at radius 3 is 2.62 bits per heavy atom. The Hall–Kier alpha value is -2.59. The van der Waals surface area contributed by atoms with Gasteiger partial charge in [-0.25, -0.2) is 4.98 Å². The second-order valence-corrected chi connectivity index (χ2v) is 3.91. The Bertz CT molecular complexity index is 561. The summed E-state index contributed by atoms with van der Waals surface area (Å²) in [6, 6.07) is 2.02. The number of oxime groups is 1. The van der Waals surface area contributed by atoms with E-state index < -0.39 is 34.9 Å². The Labute approximate surface area is 116 Å². The second-order valence-electron chi connectivity index (χ2n) is 3.91. The maximum atomic E-state index is 12.4. The molecule has 0 radical (unpaired) electrons. The molecular weight excluding hydrogens is 295 g/mol. The van der Waals surface area contributed by atoms with Crippen molar-refractivity contribution in [1.82, 2.24) is 4.98 Å². The topological polar surface area (TPSA) is 118 Å². The number of alkyl halides is 3. The van der Waals surface area contributed by atoms with Crippen molar-refractivity contribution in [2.24, 2.45) is 10.9 Å². The van der Waals surface area contributed by atoms with Crippen LogP contribution in [0.1, 0.15) is 12.6 Å². The average molecular weight is 307 g/mol. The first-order valence-electron chi connectivity index (χ1n) is 5.64. The first-order valence-corrected chi connectivity index (χ1v) is 5.64. The fraction of sp³-hybridized carbons (Fsp3) is 0.400. The van der Waals surface area contributed by atoms with Crippen LogP contribution < -0.4 is 10.6 Å². The fourth-order valence-electron chi connectivity index (χ4n) is 1.57. The predicted octanol–water partition coefficient (Wildman–Crippen LogP) is 1.47. The van der Waals surface area contributed by atoms with Crippen molar-refractivity contribution in [1.29, 1.82) is 0 Å². The molecule has 0 saturated carbocycles. The van der Waals surface area contributed by atoms with E-state index in [-0.39, 0.29) is 12.4 Å². The van der Waals surface area contributed by atoms with Crippen molar-refractivity contribution in [3.05, 3.63) is 27.9 Å². The Kier molecular flexibility index (Phi) is 4.89. The summed E-state index contributed by atoms with van der Waals surface area (Å²) >= 11 is 0. The van der Waals surface area contributed by atoms with Crippen molar-refractivity contribution >= 4 is 17.3 Å². The van der Waals surface area contributed by atoms with E-state index in [1.807, 2.05) is 0 Å². The van der Waals surface area contributed by atoms with Gasteiger partial charge in [-0.15, -0.1) is 0 Å². The predicted molar refractivity (Wildman–Crippen MR) is 67.3 cm³/mol. The molecule has 21 heavy (non-hydrogen) atoms. The zero-order valence-electron chi connectivity index (χ0n) is 10.8. The minimum Gasteiger partial charge on any atom is -0.409 e. The number of aromatic nitrogens is 1. The Balaban J connectivity index is 3.29. The molecule has 1 rings (SSSR count). The van der Waals surface area contributed by atoms with Gasteiger partial charge in [-0.3, -0.25) is 10.1 Å². The van der Waals surface area contributed by atoms with Gasteiger partial charge in [0, 0.05) is 12.6 Å². The van der Waals surface area contributed by atoms with Crippen LogP contribution in [0.25, 0.3) is 0 Å². The van der Waals surface area contributed by atoms with Crippen molar-refractivity contribution < 1.29 is 23.3 Å². The number of amidine groups is 1.